The number of ether oxygens (including phenoxy) is 3. The average molecular weight is 341 g/mol. The van der Waals surface area contributed by atoms with Crippen LogP contribution in [0.2, 0.25) is 0 Å². The molecule has 124 valence electrons. The summed E-state index contributed by atoms with van der Waals surface area (Å²) in [4.78, 5) is 4.75. The Bertz CT molecular complexity index is 812. The van der Waals surface area contributed by atoms with Gasteiger partial charge in [-0.25, -0.2) is 4.98 Å². The van der Waals surface area contributed by atoms with Crippen LogP contribution in [-0.2, 0) is 0 Å². The third-order valence-electron chi connectivity index (χ3n) is 3.60. The highest BCUT2D eigenvalue weighted by molar-refractivity contribution is 7.13. The Balaban J connectivity index is 1.93. The highest BCUT2D eigenvalue weighted by Gasteiger charge is 2.15. The molecule has 0 aliphatic rings. The van der Waals surface area contributed by atoms with Gasteiger partial charge in [0.2, 0.25) is 0 Å². The first-order valence-electron chi connectivity index (χ1n) is 7.67. The fourth-order valence-corrected chi connectivity index (χ4v) is 3.32. The molecule has 0 bridgehead atoms. The van der Waals surface area contributed by atoms with Gasteiger partial charge >= 0.3 is 0 Å². The van der Waals surface area contributed by atoms with Gasteiger partial charge in [-0.2, -0.15) is 0 Å². The summed E-state index contributed by atoms with van der Waals surface area (Å²) in [6, 6.07) is 13.8. The molecule has 0 fully saturated rings. The van der Waals surface area contributed by atoms with Crippen molar-refractivity contribution in [3.05, 3.63) is 47.8 Å². The Morgan fingerprint density at radius 3 is 2.46 bits per heavy atom. The Kier molecular flexibility index (Phi) is 5.01. The Labute approximate surface area is 145 Å². The zero-order valence-electron chi connectivity index (χ0n) is 13.9. The van der Waals surface area contributed by atoms with E-state index in [1.807, 2.05) is 54.8 Å². The molecular formula is C19H19NO3S. The Morgan fingerprint density at radius 1 is 1.00 bits per heavy atom. The van der Waals surface area contributed by atoms with E-state index < -0.39 is 0 Å². The molecule has 0 spiro atoms. The van der Waals surface area contributed by atoms with E-state index in [1.54, 1.807) is 25.6 Å². The van der Waals surface area contributed by atoms with Gasteiger partial charge in [0.1, 0.15) is 10.8 Å². The third kappa shape index (κ3) is 3.21. The van der Waals surface area contributed by atoms with Gasteiger partial charge in [0.05, 0.1) is 32.1 Å². The first kappa shape index (κ1) is 16.3. The van der Waals surface area contributed by atoms with Gasteiger partial charge in [0, 0.05) is 10.9 Å². The van der Waals surface area contributed by atoms with Gasteiger partial charge in [-0.1, -0.05) is 6.07 Å². The fourth-order valence-electron chi connectivity index (χ4n) is 2.47. The van der Waals surface area contributed by atoms with Crippen LogP contribution in [0.4, 0.5) is 0 Å². The molecule has 1 aromatic heterocycles. The van der Waals surface area contributed by atoms with E-state index in [9.17, 15) is 0 Å². The lowest BCUT2D eigenvalue weighted by molar-refractivity contribution is 0.340. The predicted molar refractivity (Wildman–Crippen MR) is 97.3 cm³/mol. The zero-order chi connectivity index (χ0) is 16.9. The highest BCUT2D eigenvalue weighted by Crippen LogP contribution is 2.40. The second-order valence-corrected chi connectivity index (χ2v) is 5.89. The lowest BCUT2D eigenvalue weighted by atomic mass is 10.1. The van der Waals surface area contributed by atoms with Crippen LogP contribution in [0.25, 0.3) is 21.8 Å². The molecule has 3 aromatic rings. The van der Waals surface area contributed by atoms with Crippen molar-refractivity contribution in [3.8, 4) is 39.1 Å². The van der Waals surface area contributed by atoms with Crippen LogP contribution in [0.15, 0.2) is 47.8 Å². The van der Waals surface area contributed by atoms with Crippen molar-refractivity contribution >= 4 is 11.3 Å². The summed E-state index contributed by atoms with van der Waals surface area (Å²) in [5.74, 6) is 2.27. The van der Waals surface area contributed by atoms with Crippen LogP contribution in [-0.4, -0.2) is 25.8 Å². The topological polar surface area (TPSA) is 40.6 Å². The molecule has 5 heteroatoms. The first-order valence-corrected chi connectivity index (χ1v) is 8.55. The van der Waals surface area contributed by atoms with Crippen LogP contribution in [0.5, 0.6) is 17.2 Å². The molecule has 0 N–H and O–H groups in total. The van der Waals surface area contributed by atoms with Crippen molar-refractivity contribution in [1.82, 2.24) is 4.98 Å². The molecule has 0 unspecified atom stereocenters. The van der Waals surface area contributed by atoms with Crippen molar-refractivity contribution in [2.45, 2.75) is 6.92 Å². The van der Waals surface area contributed by atoms with E-state index in [0.717, 1.165) is 27.6 Å². The van der Waals surface area contributed by atoms with Gasteiger partial charge in [0.25, 0.3) is 0 Å². The summed E-state index contributed by atoms with van der Waals surface area (Å²) in [6.45, 7) is 2.64. The van der Waals surface area contributed by atoms with Crippen molar-refractivity contribution in [2.75, 3.05) is 20.8 Å². The lowest BCUT2D eigenvalue weighted by Crippen LogP contribution is -1.93. The molecule has 2 aromatic carbocycles. The number of methoxy groups -OCH3 is 2. The zero-order valence-corrected chi connectivity index (χ0v) is 14.7. The number of para-hydroxylation sites is 1. The van der Waals surface area contributed by atoms with E-state index in [0.29, 0.717) is 18.1 Å². The summed E-state index contributed by atoms with van der Waals surface area (Å²) in [5, 5.41) is 2.94. The van der Waals surface area contributed by atoms with Gasteiger partial charge in [-0.3, -0.25) is 0 Å². The van der Waals surface area contributed by atoms with E-state index in [2.05, 4.69) is 0 Å². The van der Waals surface area contributed by atoms with Crippen molar-refractivity contribution in [1.29, 1.82) is 0 Å². The van der Waals surface area contributed by atoms with E-state index in [1.165, 1.54) is 0 Å². The quantitative estimate of drug-likeness (QED) is 0.640. The normalized spacial score (nSPS) is 10.5. The molecule has 0 atom stereocenters. The third-order valence-corrected chi connectivity index (χ3v) is 4.47. The van der Waals surface area contributed by atoms with Gasteiger partial charge in [0.15, 0.2) is 11.5 Å². The van der Waals surface area contributed by atoms with E-state index in [-0.39, 0.29) is 0 Å². The van der Waals surface area contributed by atoms with Crippen molar-refractivity contribution in [3.63, 3.8) is 0 Å². The lowest BCUT2D eigenvalue weighted by Gasteiger charge is -2.10. The second kappa shape index (κ2) is 7.36. The summed E-state index contributed by atoms with van der Waals surface area (Å²) in [7, 11) is 3.27. The Morgan fingerprint density at radius 2 is 1.79 bits per heavy atom. The largest absolute Gasteiger partial charge is 0.494 e. The maximum atomic E-state index is 5.50. The maximum absolute atomic E-state index is 5.50. The number of hydrogen-bond acceptors (Lipinski definition) is 5. The molecule has 0 saturated heterocycles. The number of nitrogens with zero attached hydrogens (tertiary/aromatic N) is 1. The minimum atomic E-state index is 0.663. The molecule has 0 aliphatic heterocycles. The number of thiazole rings is 1. The van der Waals surface area contributed by atoms with Gasteiger partial charge < -0.3 is 14.2 Å². The molecule has 0 amide bonds. The summed E-state index contributed by atoms with van der Waals surface area (Å²) >= 11 is 1.58. The standard InChI is InChI=1S/C19H19NO3S/c1-4-23-14-10-8-13(9-11-14)16-12-24-19(20-16)15-6-5-7-17(21-2)18(15)22-3/h5-12H,4H2,1-3H3. The second-order valence-electron chi connectivity index (χ2n) is 5.04. The van der Waals surface area contributed by atoms with Crippen LogP contribution in [0.3, 0.4) is 0 Å². The minimum absolute atomic E-state index is 0.663. The fraction of sp³-hybridized carbons (Fsp3) is 0.211. The van der Waals surface area contributed by atoms with Crippen LogP contribution in [0, 0.1) is 0 Å². The molecule has 0 radical (unpaired) electrons. The Hall–Kier alpha value is -2.53. The summed E-state index contributed by atoms with van der Waals surface area (Å²) in [6.07, 6.45) is 0. The van der Waals surface area contributed by atoms with Crippen LogP contribution < -0.4 is 14.2 Å². The molecule has 3 rings (SSSR count). The molecule has 24 heavy (non-hydrogen) atoms. The van der Waals surface area contributed by atoms with Crippen LogP contribution in [0.1, 0.15) is 6.92 Å². The van der Waals surface area contributed by atoms with Gasteiger partial charge in [-0.15, -0.1) is 11.3 Å². The minimum Gasteiger partial charge on any atom is -0.494 e. The monoisotopic (exact) mass is 341 g/mol. The van der Waals surface area contributed by atoms with Gasteiger partial charge in [-0.05, 0) is 43.3 Å². The highest BCUT2D eigenvalue weighted by atomic mass is 32.1. The molecular weight excluding hydrogens is 322 g/mol. The predicted octanol–water partition coefficient (Wildman–Crippen LogP) is 4.89. The number of hydrogen-bond donors (Lipinski definition) is 0. The molecule has 0 aliphatic carbocycles. The molecule has 4 nitrogen and oxygen atoms in total. The number of aromatic nitrogens is 1. The van der Waals surface area contributed by atoms with E-state index in [4.69, 9.17) is 19.2 Å². The first-order chi connectivity index (χ1) is 11.8. The maximum Gasteiger partial charge on any atom is 0.170 e. The molecule has 1 heterocycles. The molecule has 0 saturated carbocycles. The average Bonchev–Trinajstić information content (AvgIpc) is 3.11. The van der Waals surface area contributed by atoms with Crippen LogP contribution >= 0.6 is 11.3 Å². The van der Waals surface area contributed by atoms with Crippen molar-refractivity contribution in [2.24, 2.45) is 0 Å². The summed E-state index contributed by atoms with van der Waals surface area (Å²) in [5.41, 5.74) is 2.92. The van der Waals surface area contributed by atoms with Crippen molar-refractivity contribution < 1.29 is 14.2 Å². The summed E-state index contributed by atoms with van der Waals surface area (Å²) < 4.78 is 16.3. The smallest absolute Gasteiger partial charge is 0.170 e. The number of benzene rings is 2. The van der Waals surface area contributed by atoms with E-state index >= 15 is 0 Å². The SMILES string of the molecule is CCOc1ccc(-c2csc(-c3cccc(OC)c3OC)n2)cc1. The number of rotatable bonds is 6.